The van der Waals surface area contributed by atoms with E-state index in [9.17, 15) is 30.0 Å². The first-order chi connectivity index (χ1) is 7.64. The summed E-state index contributed by atoms with van der Waals surface area (Å²) in [5.74, 6) is -3.34. The van der Waals surface area contributed by atoms with Crippen LogP contribution in [0.2, 0.25) is 39.3 Å². The van der Waals surface area contributed by atoms with E-state index in [1.165, 1.54) is 39.3 Å². The van der Waals surface area contributed by atoms with E-state index in [1.54, 1.807) is 0 Å². The van der Waals surface area contributed by atoms with Crippen LogP contribution in [0.3, 0.4) is 0 Å². The van der Waals surface area contributed by atoms with E-state index in [0.717, 1.165) is 0 Å². The van der Waals surface area contributed by atoms with Gasteiger partial charge in [0.25, 0.3) is 0 Å². The summed E-state index contributed by atoms with van der Waals surface area (Å²) in [6.07, 6.45) is 0. The molecule has 106 valence electrons. The molecule has 0 rings (SSSR count). The van der Waals surface area contributed by atoms with E-state index < -0.39 is 38.5 Å². The van der Waals surface area contributed by atoms with Crippen molar-refractivity contribution < 1.29 is 30.0 Å². The second kappa shape index (κ2) is 4.44. The average molecular weight is 294 g/mol. The van der Waals surface area contributed by atoms with Gasteiger partial charge in [0.15, 0.2) is 10.4 Å². The maximum atomic E-state index is 11.4. The molecule has 0 saturated carbocycles. The van der Waals surface area contributed by atoms with Gasteiger partial charge in [0.05, 0.1) is 0 Å². The monoisotopic (exact) mass is 294 g/mol. The number of rotatable bonds is 5. The maximum absolute atomic E-state index is 11.4. The first-order valence-electron chi connectivity index (χ1n) is 5.55. The molecule has 0 aromatic heterocycles. The number of carboxylic acid groups (broad SMARTS) is 2. The predicted molar refractivity (Wildman–Crippen MR) is 71.9 cm³/mol. The smallest absolute Gasteiger partial charge is 0.335 e. The highest BCUT2D eigenvalue weighted by Gasteiger charge is 2.71. The number of aliphatic carboxylic acids is 2. The van der Waals surface area contributed by atoms with Gasteiger partial charge in [0.1, 0.15) is 16.1 Å². The zero-order valence-corrected chi connectivity index (χ0v) is 13.6. The highest BCUT2D eigenvalue weighted by molar-refractivity contribution is 6.89. The molecule has 0 aliphatic carbocycles. The minimum atomic E-state index is -2.92. The van der Waals surface area contributed by atoms with Crippen LogP contribution in [0.1, 0.15) is 0 Å². The van der Waals surface area contributed by atoms with Crippen molar-refractivity contribution in [2.45, 2.75) is 49.7 Å². The Hall–Kier alpha value is -0.706. The third-order valence-corrected chi connectivity index (χ3v) is 9.06. The Morgan fingerprint density at radius 2 is 0.889 bits per heavy atom. The Balaban J connectivity index is 6.37. The molecule has 0 spiro atoms. The fraction of sp³-hybridized carbons (Fsp3) is 0.800. The quantitative estimate of drug-likeness (QED) is 0.545. The van der Waals surface area contributed by atoms with Gasteiger partial charge >= 0.3 is 11.9 Å². The molecular weight excluding hydrogens is 272 g/mol. The lowest BCUT2D eigenvalue weighted by Gasteiger charge is -2.49. The van der Waals surface area contributed by atoms with Crippen molar-refractivity contribution in [3.8, 4) is 0 Å². The molecule has 0 bridgehead atoms. The van der Waals surface area contributed by atoms with E-state index in [2.05, 4.69) is 0 Å². The molecule has 2 atom stereocenters. The van der Waals surface area contributed by atoms with Crippen LogP contribution in [0.25, 0.3) is 0 Å². The predicted octanol–water partition coefficient (Wildman–Crippen LogP) is 0.373. The van der Waals surface area contributed by atoms with Gasteiger partial charge in [-0.1, -0.05) is 39.3 Å². The normalized spacial score (nSPS) is 19.8. The van der Waals surface area contributed by atoms with Crippen LogP contribution in [0.5, 0.6) is 0 Å². The SMILES string of the molecule is C[Si](C)(C)[C@](O)(C(=O)O)[C@@](O)(C(=O)O)[Si](C)(C)C. The number of hydrogen-bond acceptors (Lipinski definition) is 4. The van der Waals surface area contributed by atoms with E-state index in [0.29, 0.717) is 0 Å². The molecule has 6 nitrogen and oxygen atoms in total. The molecule has 0 radical (unpaired) electrons. The lowest BCUT2D eigenvalue weighted by molar-refractivity contribution is -0.180. The number of aliphatic hydroxyl groups is 2. The lowest BCUT2D eigenvalue weighted by Crippen LogP contribution is -2.81. The van der Waals surface area contributed by atoms with Crippen LogP contribution in [-0.2, 0) is 9.59 Å². The van der Waals surface area contributed by atoms with Gasteiger partial charge in [-0.25, -0.2) is 9.59 Å². The van der Waals surface area contributed by atoms with Crippen LogP contribution >= 0.6 is 0 Å². The summed E-state index contributed by atoms with van der Waals surface area (Å²) >= 11 is 0. The van der Waals surface area contributed by atoms with E-state index >= 15 is 0 Å². The topological polar surface area (TPSA) is 115 Å². The molecule has 0 aromatic rings. The van der Waals surface area contributed by atoms with E-state index in [4.69, 9.17) is 0 Å². The van der Waals surface area contributed by atoms with Crippen molar-refractivity contribution in [3.05, 3.63) is 0 Å². The number of carboxylic acids is 2. The van der Waals surface area contributed by atoms with Crippen molar-refractivity contribution >= 4 is 28.1 Å². The Labute approximate surface area is 108 Å². The summed E-state index contributed by atoms with van der Waals surface area (Å²) in [7, 11) is -5.84. The minimum Gasteiger partial charge on any atom is -0.479 e. The molecule has 0 fully saturated rings. The largest absolute Gasteiger partial charge is 0.479 e. The third kappa shape index (κ3) is 2.13. The highest BCUT2D eigenvalue weighted by atomic mass is 28.3. The first-order valence-corrected chi connectivity index (χ1v) is 12.6. The number of hydrogen-bond donors (Lipinski definition) is 4. The van der Waals surface area contributed by atoms with Crippen LogP contribution < -0.4 is 0 Å². The van der Waals surface area contributed by atoms with Crippen LogP contribution in [0, 0.1) is 0 Å². The first kappa shape index (κ1) is 17.3. The van der Waals surface area contributed by atoms with Gasteiger partial charge in [0.2, 0.25) is 0 Å². The molecule has 0 aromatic carbocycles. The van der Waals surface area contributed by atoms with Gasteiger partial charge in [0, 0.05) is 0 Å². The summed E-state index contributed by atoms with van der Waals surface area (Å²) in [6, 6.07) is 0. The molecule has 18 heavy (non-hydrogen) atoms. The standard InChI is InChI=1S/C10H22O6Si2/c1-17(2,3)9(15,7(11)12)10(16,8(13)14)18(4,5)6/h15-16H,1-6H3,(H,11,12)(H,13,14)/t9-,10-/m1/s1. The van der Waals surface area contributed by atoms with Crippen molar-refractivity contribution in [1.82, 2.24) is 0 Å². The van der Waals surface area contributed by atoms with Gasteiger partial charge in [-0.2, -0.15) is 0 Å². The van der Waals surface area contributed by atoms with Crippen LogP contribution in [-0.4, -0.2) is 59.0 Å². The van der Waals surface area contributed by atoms with Crippen molar-refractivity contribution in [3.63, 3.8) is 0 Å². The summed E-state index contributed by atoms with van der Waals surface area (Å²) in [5.41, 5.74) is 0. The highest BCUT2D eigenvalue weighted by Crippen LogP contribution is 2.39. The van der Waals surface area contributed by atoms with Crippen molar-refractivity contribution in [2.75, 3.05) is 0 Å². The average Bonchev–Trinajstić information content (AvgIpc) is 2.10. The number of carbonyl (C=O) groups is 2. The summed E-state index contributed by atoms with van der Waals surface area (Å²) in [5, 5.41) is 34.4. The molecule has 8 heteroatoms. The molecule has 0 saturated heterocycles. The fourth-order valence-electron chi connectivity index (χ4n) is 2.04. The summed E-state index contributed by atoms with van der Waals surface area (Å²) < 4.78 is 0. The third-order valence-electron chi connectivity index (χ3n) is 3.31. The zero-order chi connectivity index (χ0) is 15.2. The fourth-order valence-corrected chi connectivity index (χ4v) is 7.95. The van der Waals surface area contributed by atoms with Crippen molar-refractivity contribution in [1.29, 1.82) is 0 Å². The zero-order valence-electron chi connectivity index (χ0n) is 11.6. The summed E-state index contributed by atoms with van der Waals surface area (Å²) in [4.78, 5) is 22.9. The van der Waals surface area contributed by atoms with E-state index in [-0.39, 0.29) is 0 Å². The molecular formula is C10H22O6Si2. The molecule has 0 amide bonds. The molecule has 0 unspecified atom stereocenters. The second-order valence-electron chi connectivity index (χ2n) is 6.53. The summed E-state index contributed by atoms with van der Waals surface area (Å²) in [6.45, 7) is 9.14. The molecule has 0 aliphatic heterocycles. The maximum Gasteiger partial charge on any atom is 0.335 e. The van der Waals surface area contributed by atoms with Crippen molar-refractivity contribution in [2.24, 2.45) is 0 Å². The van der Waals surface area contributed by atoms with Crippen LogP contribution in [0.15, 0.2) is 0 Å². The van der Waals surface area contributed by atoms with Gasteiger partial charge in [-0.15, -0.1) is 0 Å². The van der Waals surface area contributed by atoms with Crippen LogP contribution in [0.4, 0.5) is 0 Å². The molecule has 4 N–H and O–H groups in total. The Bertz CT molecular complexity index is 334. The minimum absolute atomic E-state index is 1.52. The lowest BCUT2D eigenvalue weighted by atomic mass is 10.2. The van der Waals surface area contributed by atoms with Gasteiger partial charge < -0.3 is 20.4 Å². The molecule has 0 heterocycles. The Kier molecular flexibility index (Phi) is 4.27. The van der Waals surface area contributed by atoms with Gasteiger partial charge in [-0.05, 0) is 0 Å². The molecule has 0 aliphatic rings. The Morgan fingerprint density at radius 1 is 0.722 bits per heavy atom. The van der Waals surface area contributed by atoms with E-state index in [1.807, 2.05) is 0 Å². The van der Waals surface area contributed by atoms with Gasteiger partial charge in [-0.3, -0.25) is 0 Å². The Morgan fingerprint density at radius 3 is 0.944 bits per heavy atom. The second-order valence-corrected chi connectivity index (χ2v) is 17.0.